The highest BCUT2D eigenvalue weighted by Gasteiger charge is 2.20. The summed E-state index contributed by atoms with van der Waals surface area (Å²) in [5.74, 6) is 0.232. The molecule has 0 aromatic heterocycles. The van der Waals surface area contributed by atoms with Crippen LogP contribution in [0.25, 0.3) is 10.8 Å². The summed E-state index contributed by atoms with van der Waals surface area (Å²) in [6.45, 7) is 0. The van der Waals surface area contributed by atoms with Gasteiger partial charge in [-0.15, -0.1) is 0 Å². The third kappa shape index (κ3) is 1.20. The first-order valence-corrected chi connectivity index (χ1v) is 5.38. The molecule has 2 aromatic carbocycles. The average Bonchev–Trinajstić information content (AvgIpc) is 2.26. The van der Waals surface area contributed by atoms with Gasteiger partial charge in [0.25, 0.3) is 0 Å². The van der Waals surface area contributed by atoms with Gasteiger partial charge in [0.1, 0.15) is 0 Å². The highest BCUT2D eigenvalue weighted by molar-refractivity contribution is 6.33. The van der Waals surface area contributed by atoms with Crippen molar-refractivity contribution >= 4 is 28.2 Å². The molecule has 0 saturated heterocycles. The van der Waals surface area contributed by atoms with E-state index in [0.29, 0.717) is 6.42 Å². The van der Waals surface area contributed by atoms with Gasteiger partial charge in [-0.1, -0.05) is 35.9 Å². The SMILES string of the molecule is O=C1CCc2c(Cl)ccc3cccc1c23. The van der Waals surface area contributed by atoms with E-state index in [2.05, 4.69) is 0 Å². The van der Waals surface area contributed by atoms with Gasteiger partial charge < -0.3 is 0 Å². The molecule has 0 bridgehead atoms. The number of carbonyl (C=O) groups is 1. The summed E-state index contributed by atoms with van der Waals surface area (Å²) < 4.78 is 0. The molecule has 2 aromatic rings. The molecule has 0 aliphatic heterocycles. The fourth-order valence-corrected chi connectivity index (χ4v) is 2.53. The minimum absolute atomic E-state index is 0.232. The molecular weight excluding hydrogens is 208 g/mol. The number of Topliss-reactive ketones (excluding diaryl/α,β-unsaturated/α-hetero) is 1. The van der Waals surface area contributed by atoms with Crippen molar-refractivity contribution in [1.29, 1.82) is 0 Å². The molecule has 0 fully saturated rings. The predicted molar refractivity (Wildman–Crippen MR) is 61.6 cm³/mol. The second-order valence-corrected chi connectivity index (χ2v) is 4.26. The Bertz CT molecular complexity index is 572. The number of halogens is 1. The summed E-state index contributed by atoms with van der Waals surface area (Å²) in [5.41, 5.74) is 1.96. The molecule has 1 nitrogen and oxygen atoms in total. The zero-order valence-corrected chi connectivity index (χ0v) is 8.84. The van der Waals surface area contributed by atoms with Crippen LogP contribution in [0.1, 0.15) is 22.3 Å². The van der Waals surface area contributed by atoms with Crippen LogP contribution in [0.3, 0.4) is 0 Å². The van der Waals surface area contributed by atoms with Gasteiger partial charge in [0, 0.05) is 17.0 Å². The molecule has 74 valence electrons. The summed E-state index contributed by atoms with van der Waals surface area (Å²) in [4.78, 5) is 11.7. The van der Waals surface area contributed by atoms with E-state index in [4.69, 9.17) is 11.6 Å². The maximum Gasteiger partial charge on any atom is 0.163 e. The smallest absolute Gasteiger partial charge is 0.163 e. The molecule has 1 aliphatic carbocycles. The molecule has 0 spiro atoms. The van der Waals surface area contributed by atoms with Crippen molar-refractivity contribution in [1.82, 2.24) is 0 Å². The first kappa shape index (κ1) is 8.93. The molecule has 0 heterocycles. The van der Waals surface area contributed by atoms with Crippen molar-refractivity contribution in [3.05, 3.63) is 46.5 Å². The van der Waals surface area contributed by atoms with Crippen molar-refractivity contribution in [2.45, 2.75) is 12.8 Å². The highest BCUT2D eigenvalue weighted by atomic mass is 35.5. The minimum Gasteiger partial charge on any atom is -0.294 e. The average molecular weight is 217 g/mol. The molecule has 0 atom stereocenters. The van der Waals surface area contributed by atoms with E-state index in [0.717, 1.165) is 33.3 Å². The Morgan fingerprint density at radius 1 is 1.07 bits per heavy atom. The molecule has 0 radical (unpaired) electrons. The first-order chi connectivity index (χ1) is 7.27. The Kier molecular flexibility index (Phi) is 1.83. The summed E-state index contributed by atoms with van der Waals surface area (Å²) in [6.07, 6.45) is 1.35. The summed E-state index contributed by atoms with van der Waals surface area (Å²) in [5, 5.41) is 2.95. The Balaban J connectivity index is 2.53. The minimum atomic E-state index is 0.232. The number of benzene rings is 2. The van der Waals surface area contributed by atoms with Crippen LogP contribution < -0.4 is 0 Å². The first-order valence-electron chi connectivity index (χ1n) is 5.00. The monoisotopic (exact) mass is 216 g/mol. The molecule has 0 amide bonds. The van der Waals surface area contributed by atoms with Crippen LogP contribution in [0.4, 0.5) is 0 Å². The lowest BCUT2D eigenvalue weighted by atomic mass is 9.88. The van der Waals surface area contributed by atoms with Crippen molar-refractivity contribution in [2.75, 3.05) is 0 Å². The molecular formula is C13H9ClO. The maximum atomic E-state index is 11.7. The van der Waals surface area contributed by atoms with Gasteiger partial charge in [0.15, 0.2) is 5.78 Å². The van der Waals surface area contributed by atoms with Crippen LogP contribution in [-0.4, -0.2) is 5.78 Å². The lowest BCUT2D eigenvalue weighted by Crippen LogP contribution is -2.09. The van der Waals surface area contributed by atoms with E-state index < -0.39 is 0 Å². The Morgan fingerprint density at radius 2 is 1.93 bits per heavy atom. The number of aryl methyl sites for hydroxylation is 1. The van der Waals surface area contributed by atoms with Crippen LogP contribution in [0, 0.1) is 0 Å². The number of ketones is 1. The van der Waals surface area contributed by atoms with Gasteiger partial charge in [-0.2, -0.15) is 0 Å². The maximum absolute atomic E-state index is 11.7. The largest absolute Gasteiger partial charge is 0.294 e. The van der Waals surface area contributed by atoms with Gasteiger partial charge in [-0.3, -0.25) is 4.79 Å². The summed E-state index contributed by atoms with van der Waals surface area (Å²) in [6, 6.07) is 9.74. The molecule has 0 unspecified atom stereocenters. The van der Waals surface area contributed by atoms with E-state index in [9.17, 15) is 4.79 Å². The van der Waals surface area contributed by atoms with Gasteiger partial charge >= 0.3 is 0 Å². The van der Waals surface area contributed by atoms with Gasteiger partial charge in [0.05, 0.1) is 0 Å². The fraction of sp³-hybridized carbons (Fsp3) is 0.154. The number of hydrogen-bond donors (Lipinski definition) is 0. The Hall–Kier alpha value is -1.34. The van der Waals surface area contributed by atoms with E-state index in [1.807, 2.05) is 30.3 Å². The number of rotatable bonds is 0. The topological polar surface area (TPSA) is 17.1 Å². The van der Waals surface area contributed by atoms with Crippen LogP contribution in [0.5, 0.6) is 0 Å². The molecule has 15 heavy (non-hydrogen) atoms. The fourth-order valence-electron chi connectivity index (χ4n) is 2.28. The van der Waals surface area contributed by atoms with Gasteiger partial charge in [-0.05, 0) is 28.8 Å². The molecule has 0 saturated carbocycles. The van der Waals surface area contributed by atoms with E-state index in [1.54, 1.807) is 0 Å². The standard InChI is InChI=1S/C13H9ClO/c14-11-6-4-8-2-1-3-10-12(15)7-5-9(11)13(8)10/h1-4,6H,5,7H2. The van der Waals surface area contributed by atoms with Crippen LogP contribution in [0.15, 0.2) is 30.3 Å². The van der Waals surface area contributed by atoms with E-state index in [1.165, 1.54) is 0 Å². The second kappa shape index (κ2) is 3.07. The van der Waals surface area contributed by atoms with E-state index in [-0.39, 0.29) is 5.78 Å². The van der Waals surface area contributed by atoms with Crippen LogP contribution in [-0.2, 0) is 6.42 Å². The third-order valence-corrected chi connectivity index (χ3v) is 3.35. The van der Waals surface area contributed by atoms with Gasteiger partial charge in [0.2, 0.25) is 0 Å². The molecule has 2 heteroatoms. The van der Waals surface area contributed by atoms with Crippen molar-refractivity contribution in [3.63, 3.8) is 0 Å². The zero-order valence-electron chi connectivity index (χ0n) is 8.09. The molecule has 0 N–H and O–H groups in total. The summed E-state index contributed by atoms with van der Waals surface area (Å²) in [7, 11) is 0. The molecule has 3 rings (SSSR count). The van der Waals surface area contributed by atoms with Crippen molar-refractivity contribution in [3.8, 4) is 0 Å². The lowest BCUT2D eigenvalue weighted by Gasteiger charge is -2.17. The summed E-state index contributed by atoms with van der Waals surface area (Å²) >= 11 is 6.15. The quantitative estimate of drug-likeness (QED) is 0.657. The second-order valence-electron chi connectivity index (χ2n) is 3.85. The Morgan fingerprint density at radius 3 is 2.80 bits per heavy atom. The predicted octanol–water partition coefficient (Wildman–Crippen LogP) is 3.62. The van der Waals surface area contributed by atoms with Crippen molar-refractivity contribution in [2.24, 2.45) is 0 Å². The van der Waals surface area contributed by atoms with E-state index >= 15 is 0 Å². The number of hydrogen-bond acceptors (Lipinski definition) is 1. The third-order valence-electron chi connectivity index (χ3n) is 3.00. The van der Waals surface area contributed by atoms with Crippen LogP contribution >= 0.6 is 11.6 Å². The Labute approximate surface area is 92.7 Å². The van der Waals surface area contributed by atoms with Gasteiger partial charge in [-0.25, -0.2) is 0 Å². The highest BCUT2D eigenvalue weighted by Crippen LogP contribution is 2.33. The molecule has 1 aliphatic rings. The van der Waals surface area contributed by atoms with Crippen molar-refractivity contribution < 1.29 is 4.79 Å². The van der Waals surface area contributed by atoms with Crippen LogP contribution in [0.2, 0.25) is 5.02 Å². The number of carbonyl (C=O) groups excluding carboxylic acids is 1. The zero-order chi connectivity index (χ0) is 10.4. The normalized spacial score (nSPS) is 14.6. The lowest BCUT2D eigenvalue weighted by molar-refractivity contribution is 0.0982.